The molecular formula is C18H12Cl2N2OS2. The third-order valence-electron chi connectivity index (χ3n) is 3.86. The first-order chi connectivity index (χ1) is 12.1. The van der Waals surface area contributed by atoms with Crippen molar-refractivity contribution in [3.05, 3.63) is 69.5 Å². The zero-order valence-electron chi connectivity index (χ0n) is 12.9. The SMILES string of the molecule is O=C1CS[C@H](c2ccccc2)N1c1nc(-c2ccc(Cl)cc2Cl)cs1. The minimum absolute atomic E-state index is 0.0478. The smallest absolute Gasteiger partial charge is 0.240 e. The second kappa shape index (κ2) is 7.00. The van der Waals surface area contributed by atoms with Crippen molar-refractivity contribution in [2.45, 2.75) is 5.37 Å². The number of carbonyl (C=O) groups is 1. The Bertz CT molecular complexity index is 930. The average Bonchev–Trinajstić information content (AvgIpc) is 3.22. The Kier molecular flexibility index (Phi) is 4.73. The molecule has 126 valence electrons. The van der Waals surface area contributed by atoms with Crippen LogP contribution in [0.4, 0.5) is 5.13 Å². The van der Waals surface area contributed by atoms with Crippen LogP contribution in [0.5, 0.6) is 0 Å². The molecule has 1 aliphatic heterocycles. The monoisotopic (exact) mass is 406 g/mol. The number of halogens is 2. The number of thiazole rings is 1. The quantitative estimate of drug-likeness (QED) is 0.542. The van der Waals surface area contributed by atoms with Crippen LogP contribution in [0.2, 0.25) is 10.0 Å². The van der Waals surface area contributed by atoms with Gasteiger partial charge >= 0.3 is 0 Å². The lowest BCUT2D eigenvalue weighted by Gasteiger charge is -2.21. The molecule has 2 aromatic carbocycles. The highest BCUT2D eigenvalue weighted by atomic mass is 35.5. The molecule has 25 heavy (non-hydrogen) atoms. The third kappa shape index (κ3) is 3.29. The minimum atomic E-state index is -0.0478. The van der Waals surface area contributed by atoms with E-state index >= 15 is 0 Å². The number of anilines is 1. The van der Waals surface area contributed by atoms with Crippen molar-refractivity contribution in [2.24, 2.45) is 0 Å². The Labute approximate surface area is 163 Å². The number of rotatable bonds is 3. The number of benzene rings is 2. The molecule has 1 aliphatic rings. The van der Waals surface area contributed by atoms with E-state index in [9.17, 15) is 4.79 Å². The summed E-state index contributed by atoms with van der Waals surface area (Å²) in [5.41, 5.74) is 2.65. The zero-order valence-corrected chi connectivity index (χ0v) is 16.0. The van der Waals surface area contributed by atoms with Crippen molar-refractivity contribution < 1.29 is 4.79 Å². The Hall–Kier alpha value is -1.53. The Morgan fingerprint density at radius 2 is 1.92 bits per heavy atom. The maximum atomic E-state index is 12.4. The molecule has 1 saturated heterocycles. The number of hydrogen-bond acceptors (Lipinski definition) is 4. The van der Waals surface area contributed by atoms with Gasteiger partial charge in [0.05, 0.1) is 16.5 Å². The van der Waals surface area contributed by atoms with Gasteiger partial charge in [0.15, 0.2) is 5.13 Å². The number of nitrogens with zero attached hydrogens (tertiary/aromatic N) is 2. The van der Waals surface area contributed by atoms with Crippen LogP contribution in [-0.2, 0) is 4.79 Å². The van der Waals surface area contributed by atoms with Gasteiger partial charge in [-0.3, -0.25) is 9.69 Å². The van der Waals surface area contributed by atoms with Gasteiger partial charge in [-0.2, -0.15) is 0 Å². The van der Waals surface area contributed by atoms with Gasteiger partial charge in [0.25, 0.3) is 0 Å². The van der Waals surface area contributed by atoms with Crippen LogP contribution in [0.1, 0.15) is 10.9 Å². The molecule has 3 nitrogen and oxygen atoms in total. The molecule has 7 heteroatoms. The van der Waals surface area contributed by atoms with Crippen molar-refractivity contribution in [1.82, 2.24) is 4.98 Å². The summed E-state index contributed by atoms with van der Waals surface area (Å²) in [5.74, 6) is 0.526. The highest BCUT2D eigenvalue weighted by Crippen LogP contribution is 2.43. The van der Waals surface area contributed by atoms with E-state index in [0.717, 1.165) is 16.8 Å². The molecule has 0 unspecified atom stereocenters. The molecule has 0 aliphatic carbocycles. The lowest BCUT2D eigenvalue weighted by Crippen LogP contribution is -2.27. The normalized spacial score (nSPS) is 17.3. The molecule has 4 rings (SSSR count). The summed E-state index contributed by atoms with van der Waals surface area (Å²) in [6.45, 7) is 0. The molecule has 3 aromatic rings. The Morgan fingerprint density at radius 1 is 1.12 bits per heavy atom. The molecule has 1 amide bonds. The number of amides is 1. The van der Waals surface area contributed by atoms with Gasteiger partial charge < -0.3 is 0 Å². The van der Waals surface area contributed by atoms with Crippen LogP contribution in [0, 0.1) is 0 Å². The van der Waals surface area contributed by atoms with Gasteiger partial charge in [0.1, 0.15) is 5.37 Å². The van der Waals surface area contributed by atoms with Crippen LogP contribution >= 0.6 is 46.3 Å². The number of carbonyl (C=O) groups excluding carboxylic acids is 1. The van der Waals surface area contributed by atoms with Crippen LogP contribution in [0.15, 0.2) is 53.9 Å². The summed E-state index contributed by atoms with van der Waals surface area (Å²) in [7, 11) is 0. The van der Waals surface area contributed by atoms with E-state index in [-0.39, 0.29) is 11.3 Å². The Morgan fingerprint density at radius 3 is 2.68 bits per heavy atom. The van der Waals surface area contributed by atoms with Crippen molar-refractivity contribution >= 4 is 57.3 Å². The highest BCUT2D eigenvalue weighted by Gasteiger charge is 2.35. The first kappa shape index (κ1) is 16.9. The van der Waals surface area contributed by atoms with Crippen molar-refractivity contribution in [3.63, 3.8) is 0 Å². The minimum Gasteiger partial charge on any atom is -0.273 e. The highest BCUT2D eigenvalue weighted by molar-refractivity contribution is 8.00. The average molecular weight is 407 g/mol. The second-order valence-corrected chi connectivity index (χ2v) is 8.23. The zero-order chi connectivity index (χ0) is 17.4. The number of hydrogen-bond donors (Lipinski definition) is 0. The maximum Gasteiger partial charge on any atom is 0.240 e. The molecule has 0 spiro atoms. The van der Waals surface area contributed by atoms with Crippen LogP contribution in [-0.4, -0.2) is 16.6 Å². The summed E-state index contributed by atoms with van der Waals surface area (Å²) >= 11 is 15.3. The van der Waals surface area contributed by atoms with Gasteiger partial charge in [-0.25, -0.2) is 4.98 Å². The number of thioether (sulfide) groups is 1. The Balaban J connectivity index is 1.69. The van der Waals surface area contributed by atoms with E-state index in [1.54, 1.807) is 28.8 Å². The molecule has 2 heterocycles. The molecule has 1 atom stereocenters. The predicted octanol–water partition coefficient (Wildman–Crippen LogP) is 5.90. The molecular weight excluding hydrogens is 395 g/mol. The van der Waals surface area contributed by atoms with Crippen LogP contribution in [0.3, 0.4) is 0 Å². The molecule has 0 saturated carbocycles. The summed E-state index contributed by atoms with van der Waals surface area (Å²) in [5, 5.41) is 3.69. The molecule has 1 fully saturated rings. The van der Waals surface area contributed by atoms with Crippen molar-refractivity contribution in [1.29, 1.82) is 0 Å². The van der Waals surface area contributed by atoms with Crippen molar-refractivity contribution in [3.8, 4) is 11.3 Å². The van der Waals surface area contributed by atoms with Crippen molar-refractivity contribution in [2.75, 3.05) is 10.7 Å². The lowest BCUT2D eigenvalue weighted by atomic mass is 10.2. The molecule has 0 N–H and O–H groups in total. The van der Waals surface area contributed by atoms with Gasteiger partial charge in [-0.05, 0) is 23.8 Å². The molecule has 1 aromatic heterocycles. The number of aromatic nitrogens is 1. The van der Waals surface area contributed by atoms with E-state index in [0.29, 0.717) is 20.9 Å². The fourth-order valence-corrected chi connectivity index (χ4v) is 5.29. The van der Waals surface area contributed by atoms with Crippen LogP contribution < -0.4 is 4.90 Å². The van der Waals surface area contributed by atoms with Gasteiger partial charge in [-0.1, -0.05) is 53.5 Å². The van der Waals surface area contributed by atoms with Gasteiger partial charge in [0.2, 0.25) is 5.91 Å². The third-order valence-corrected chi connectivity index (χ3v) is 6.46. The summed E-state index contributed by atoms with van der Waals surface area (Å²) in [4.78, 5) is 18.9. The predicted molar refractivity (Wildman–Crippen MR) is 107 cm³/mol. The second-order valence-electron chi connectivity index (χ2n) is 5.48. The lowest BCUT2D eigenvalue weighted by molar-refractivity contribution is -0.115. The van der Waals surface area contributed by atoms with E-state index in [1.807, 2.05) is 41.8 Å². The topological polar surface area (TPSA) is 33.2 Å². The summed E-state index contributed by atoms with van der Waals surface area (Å²) in [6.07, 6.45) is 0. The largest absolute Gasteiger partial charge is 0.273 e. The molecule has 0 radical (unpaired) electrons. The van der Waals surface area contributed by atoms with Gasteiger partial charge in [0, 0.05) is 16.0 Å². The first-order valence-corrected chi connectivity index (χ1v) is 10.2. The summed E-state index contributed by atoms with van der Waals surface area (Å²) < 4.78 is 0. The van der Waals surface area contributed by atoms with E-state index < -0.39 is 0 Å². The first-order valence-electron chi connectivity index (χ1n) is 7.53. The van der Waals surface area contributed by atoms with Gasteiger partial charge in [-0.15, -0.1) is 23.1 Å². The van der Waals surface area contributed by atoms with E-state index in [2.05, 4.69) is 4.98 Å². The fraction of sp³-hybridized carbons (Fsp3) is 0.111. The standard InChI is InChI=1S/C18H12Cl2N2OS2/c19-12-6-7-13(14(20)8-12)15-9-25-18(21-15)22-16(23)10-24-17(22)11-4-2-1-3-5-11/h1-9,17H,10H2/t17-/m1/s1. The maximum absolute atomic E-state index is 12.4. The van der Waals surface area contributed by atoms with E-state index in [1.165, 1.54) is 11.3 Å². The van der Waals surface area contributed by atoms with E-state index in [4.69, 9.17) is 23.2 Å². The fourth-order valence-electron chi connectivity index (χ4n) is 2.69. The summed E-state index contributed by atoms with van der Waals surface area (Å²) in [6, 6.07) is 15.3. The van der Waals surface area contributed by atoms with Crippen LogP contribution in [0.25, 0.3) is 11.3 Å². The molecule has 0 bridgehead atoms.